The number of nitrogens with zero attached hydrogens (tertiary/aromatic N) is 8. The number of benzene rings is 10. The number of hydrogen-bond acceptors (Lipinski definition) is 25. The average Bonchev–Trinajstić information content (AvgIpc) is 0.800. The minimum atomic E-state index is -4.46. The second kappa shape index (κ2) is 43.8. The van der Waals surface area contributed by atoms with Gasteiger partial charge in [-0.2, -0.15) is 13.2 Å². The molecule has 674 valence electrons. The number of nitrogens with one attached hydrogen (secondary N) is 5. The molecule has 0 spiro atoms. The molecule has 0 radical (unpaired) electrons. The number of aromatic amines is 2. The SMILES string of the molecule is COc1cccc(-c2cccc(Cn3cnc4ccc(C(=O)CO)cc4c3=O)c2)c1.O=C(CO)c1ccc2ccn(CCOc3cccc(C(F)(F)F)c3)c(=O)c2c1.O=C(CO)c1ccc2nc[nH]c(=O)c2c1.O=C(NO)c1ccc2c(=O)[nH]cnc2c1.O=C(NO)c1ccc2c(c1)CC(=O)N(c1ccc(Cl)cc1)C2=O.O=C(NO)c1ccc2ccn(Cc3ccccn3)c(=O)c2c1. The maximum Gasteiger partial charge on any atom is 0.416 e. The molecule has 0 fully saturated rings. The van der Waals surface area contributed by atoms with Gasteiger partial charge in [-0.25, -0.2) is 36.3 Å². The van der Waals surface area contributed by atoms with Crippen LogP contribution in [0, 0.1) is 0 Å². The molecule has 10 aromatic carbocycles. The first-order valence-corrected chi connectivity index (χ1v) is 40.1. The third-order valence-corrected chi connectivity index (χ3v) is 20.5. The third kappa shape index (κ3) is 23.6. The van der Waals surface area contributed by atoms with Gasteiger partial charge in [-0.05, 0) is 209 Å². The highest BCUT2D eigenvalue weighted by Gasteiger charge is 2.34. The minimum absolute atomic E-state index is 0.0119. The maximum absolute atomic E-state index is 13.0. The molecule has 1 aliphatic rings. The van der Waals surface area contributed by atoms with Crippen molar-refractivity contribution in [3.05, 3.63) is 392 Å². The molecule has 0 saturated carbocycles. The fraction of sp³-hybridized carbons (Fsp3) is 0.105. The van der Waals surface area contributed by atoms with Gasteiger partial charge in [0.2, 0.25) is 5.91 Å². The van der Waals surface area contributed by atoms with Crippen molar-refractivity contribution in [3.8, 4) is 22.6 Å². The van der Waals surface area contributed by atoms with Crippen molar-refractivity contribution in [3.63, 3.8) is 0 Å². The van der Waals surface area contributed by atoms with Crippen LogP contribution in [0.3, 0.4) is 0 Å². The summed E-state index contributed by atoms with van der Waals surface area (Å²) in [5.41, 5.74) is 10.3. The summed E-state index contributed by atoms with van der Waals surface area (Å²) in [5.74, 6) is -3.36. The number of carbonyl (C=O) groups is 8. The fourth-order valence-corrected chi connectivity index (χ4v) is 13.6. The van der Waals surface area contributed by atoms with Crippen molar-refractivity contribution < 1.29 is 91.9 Å². The molecular weight excluding hydrogens is 1750 g/mol. The Balaban J connectivity index is 0.000000146. The van der Waals surface area contributed by atoms with Crippen molar-refractivity contribution in [1.82, 2.24) is 60.0 Å². The number of pyridine rings is 3. The number of H-pyrrole nitrogens is 2. The maximum atomic E-state index is 13.0. The lowest BCUT2D eigenvalue weighted by molar-refractivity contribution is -0.137. The van der Waals surface area contributed by atoms with E-state index in [-0.39, 0.29) is 75.4 Å². The van der Waals surface area contributed by atoms with E-state index in [0.717, 1.165) is 50.6 Å². The van der Waals surface area contributed by atoms with E-state index in [2.05, 4.69) is 29.9 Å². The van der Waals surface area contributed by atoms with Crippen LogP contribution in [0.25, 0.3) is 65.4 Å². The number of aliphatic hydroxyl groups excluding tert-OH is 3. The second-order valence-corrected chi connectivity index (χ2v) is 29.2. The standard InChI is InChI=1S/C24H20N2O4.C20H16F3NO4.C16H11ClN2O4.C16H13N3O3.C10H8N2O3.C9H7N3O3/c1-30-20-7-3-6-18(11-20)17-5-2-4-16(10-17)13-26-15-25-22-9-8-19(23(28)14-27)12-21(22)24(26)29;21-20(22,23)15-2-1-3-16(11-15)28-9-8-24-7-6-13-4-5-14(18(26)12-25)10-17(13)19(24)27;17-11-2-4-12(5-3-11)19-14(20)8-10-7-9(15(21)18-23)1-6-13(10)16(19)22;20-15(18-22)12-5-4-11-6-8-19(16(21)14(11)9-12)10-13-3-1-2-7-17-13;13-4-9(14)6-1-2-8-7(3-6)10(15)12-5-11-8;13-8(12-15)5-1-2-6-7(3-5)10-4-11-9(6)14/h2-12,15,27H,13-14H2,1H3;1-7,10-11,25H,8-9,12H2;1-7,23H,8H2,(H,18,21);1-9,22H,10H2,(H,18,20);1-3,5,13H,4H2,(H,11,12,15);1-4,15H,(H,12,13)(H,10,11,14). The zero-order chi connectivity index (χ0) is 95.2. The zero-order valence-electron chi connectivity index (χ0n) is 69.5. The molecule has 133 heavy (non-hydrogen) atoms. The Bertz CT molecular complexity index is 7460. The van der Waals surface area contributed by atoms with Gasteiger partial charge < -0.3 is 43.9 Å². The number of ether oxygens (including phenoxy) is 2. The van der Waals surface area contributed by atoms with Crippen LogP contribution in [-0.4, -0.2) is 155 Å². The summed E-state index contributed by atoms with van der Waals surface area (Å²) in [6.07, 6.45) is 4.51. The number of amides is 5. The van der Waals surface area contributed by atoms with E-state index >= 15 is 0 Å². The highest BCUT2D eigenvalue weighted by atomic mass is 35.5. The lowest BCUT2D eigenvalue weighted by atomic mass is 9.95. The quantitative estimate of drug-likeness (QED) is 0.0146. The van der Waals surface area contributed by atoms with Crippen LogP contribution in [0.1, 0.15) is 94.9 Å². The predicted molar refractivity (Wildman–Crippen MR) is 480 cm³/mol. The smallest absolute Gasteiger partial charge is 0.416 e. The van der Waals surface area contributed by atoms with E-state index in [1.807, 2.05) is 66.7 Å². The minimum Gasteiger partial charge on any atom is -0.497 e. The highest BCUT2D eigenvalue weighted by Crippen LogP contribution is 2.33. The number of hydrogen-bond donors (Lipinski definition) is 11. The number of imide groups is 1. The number of carbonyl (C=O) groups excluding carboxylic acids is 8. The molecule has 0 bridgehead atoms. The number of aliphatic hydroxyl groups is 3. The summed E-state index contributed by atoms with van der Waals surface area (Å²) in [7, 11) is 1.63. The molecule has 0 aliphatic carbocycles. The number of methoxy groups -OCH3 is 1. The molecule has 0 unspecified atom stereocenters. The van der Waals surface area contributed by atoms with E-state index in [4.69, 9.17) is 52.0 Å². The summed E-state index contributed by atoms with van der Waals surface area (Å²) in [5, 5.41) is 56.2. The second-order valence-electron chi connectivity index (χ2n) is 28.8. The largest absolute Gasteiger partial charge is 0.497 e. The van der Waals surface area contributed by atoms with E-state index in [0.29, 0.717) is 94.9 Å². The van der Waals surface area contributed by atoms with Crippen molar-refractivity contribution in [1.29, 1.82) is 0 Å². The van der Waals surface area contributed by atoms with Crippen molar-refractivity contribution in [2.75, 3.05) is 38.4 Å². The number of alkyl halides is 3. The molecule has 34 nitrogen and oxygen atoms in total. The Labute approximate surface area is 752 Å². The zero-order valence-corrected chi connectivity index (χ0v) is 70.3. The Hall–Kier alpha value is -16.8. The van der Waals surface area contributed by atoms with Gasteiger partial charge in [0.1, 0.15) is 37.9 Å². The van der Waals surface area contributed by atoms with Gasteiger partial charge in [-0.15, -0.1) is 0 Å². The van der Waals surface area contributed by atoms with E-state index < -0.39 is 78.4 Å². The molecule has 11 N–H and O–H groups in total. The van der Waals surface area contributed by atoms with Crippen LogP contribution >= 0.6 is 11.6 Å². The first kappa shape index (κ1) is 95.3. The highest BCUT2D eigenvalue weighted by molar-refractivity contribution is 6.31. The molecule has 1 aliphatic heterocycles. The Kier molecular flexibility index (Phi) is 31.4. The lowest BCUT2D eigenvalue weighted by Gasteiger charge is -2.27. The van der Waals surface area contributed by atoms with Gasteiger partial charge in [0.05, 0.1) is 102 Å². The van der Waals surface area contributed by atoms with Gasteiger partial charge in [0.25, 0.3) is 51.4 Å². The van der Waals surface area contributed by atoms with Crippen LogP contribution in [0.4, 0.5) is 18.9 Å². The normalized spacial score (nSPS) is 11.3. The first-order valence-electron chi connectivity index (χ1n) is 39.7. The molecule has 0 saturated heterocycles. The molecule has 38 heteroatoms. The molecule has 6 aromatic heterocycles. The summed E-state index contributed by atoms with van der Waals surface area (Å²) in [6.45, 7) is -1.02. The Morgan fingerprint density at radius 3 is 1.60 bits per heavy atom. The number of hydroxylamine groups is 3. The van der Waals surface area contributed by atoms with E-state index in [9.17, 15) is 75.5 Å². The average molecular weight is 1830 g/mol. The number of anilines is 1. The number of halogens is 4. The lowest BCUT2D eigenvalue weighted by Crippen LogP contribution is -2.42. The Morgan fingerprint density at radius 1 is 0.466 bits per heavy atom. The van der Waals surface area contributed by atoms with Crippen molar-refractivity contribution in [2.24, 2.45) is 0 Å². The van der Waals surface area contributed by atoms with Gasteiger partial charge >= 0.3 is 6.18 Å². The van der Waals surface area contributed by atoms with Crippen LogP contribution in [-0.2, 0) is 37.0 Å². The first-order chi connectivity index (χ1) is 64.0. The molecule has 0 atom stereocenters. The summed E-state index contributed by atoms with van der Waals surface area (Å²) >= 11 is 5.82. The van der Waals surface area contributed by atoms with Gasteiger partial charge in [0.15, 0.2) is 17.3 Å². The molecule has 5 amide bonds. The van der Waals surface area contributed by atoms with Crippen molar-refractivity contribution in [2.45, 2.75) is 32.2 Å². The van der Waals surface area contributed by atoms with Gasteiger partial charge in [-0.1, -0.05) is 72.3 Å². The number of ketones is 3. The molecular formula is C95H75ClF3N13O21. The van der Waals surface area contributed by atoms with Crippen LogP contribution in [0.15, 0.2) is 298 Å². The summed E-state index contributed by atoms with van der Waals surface area (Å²) < 4.78 is 53.2. The van der Waals surface area contributed by atoms with Crippen LogP contribution < -0.4 is 58.6 Å². The van der Waals surface area contributed by atoms with Gasteiger partial charge in [0, 0.05) is 73.3 Å². The Morgan fingerprint density at radius 2 is 0.985 bits per heavy atom. The van der Waals surface area contributed by atoms with Crippen LogP contribution in [0.5, 0.6) is 11.5 Å². The third-order valence-electron chi connectivity index (χ3n) is 20.3. The van der Waals surface area contributed by atoms with Gasteiger partial charge in [-0.3, -0.25) is 87.5 Å². The number of Topliss-reactive ketones (excluding diaryl/α,β-unsaturated/α-hetero) is 3. The number of fused-ring (bicyclic) bond motifs is 6. The topological polar surface area (TPSA) is 499 Å². The van der Waals surface area contributed by atoms with Crippen molar-refractivity contribution >= 4 is 118 Å². The summed E-state index contributed by atoms with van der Waals surface area (Å²) in [4.78, 5) is 177. The molecule has 17 rings (SSSR count). The van der Waals surface area contributed by atoms with E-state index in [1.54, 1.807) is 104 Å². The number of rotatable bonds is 20. The molecule has 16 aromatic rings. The van der Waals surface area contributed by atoms with E-state index in [1.165, 1.54) is 129 Å². The van der Waals surface area contributed by atoms with Crippen LogP contribution in [0.2, 0.25) is 5.02 Å². The fourth-order valence-electron chi connectivity index (χ4n) is 13.5. The predicted octanol–water partition coefficient (Wildman–Crippen LogP) is 10.5. The number of aromatic nitrogens is 9. The summed E-state index contributed by atoms with van der Waals surface area (Å²) in [6, 6.07) is 62.7. The molecule has 7 heterocycles. The monoisotopic (exact) mass is 1830 g/mol.